The fourth-order valence-corrected chi connectivity index (χ4v) is 1.91. The summed E-state index contributed by atoms with van der Waals surface area (Å²) in [6.45, 7) is 1.79. The number of rotatable bonds is 3. The number of benzene rings is 2. The number of nitriles is 1. The Morgan fingerprint density at radius 1 is 1.33 bits per heavy atom. The largest absolute Gasteiger partial charge is 0.496 e. The van der Waals surface area contributed by atoms with Crippen LogP contribution in [0.15, 0.2) is 36.4 Å². The molecule has 2 aromatic rings. The second-order valence-corrected chi connectivity index (χ2v) is 4.41. The monoisotopic (exact) mass is 284 g/mol. The van der Waals surface area contributed by atoms with Crippen molar-refractivity contribution in [3.05, 3.63) is 58.9 Å². The molecular formula is C16H13FN2O2. The Bertz CT molecular complexity index is 736. The van der Waals surface area contributed by atoms with Crippen molar-refractivity contribution in [3.8, 4) is 11.8 Å². The van der Waals surface area contributed by atoms with Crippen LogP contribution < -0.4 is 10.1 Å². The van der Waals surface area contributed by atoms with Crippen LogP contribution in [0.5, 0.6) is 5.75 Å². The van der Waals surface area contributed by atoms with Crippen LogP contribution in [0.3, 0.4) is 0 Å². The van der Waals surface area contributed by atoms with Gasteiger partial charge < -0.3 is 10.1 Å². The maximum absolute atomic E-state index is 13.8. The number of carbonyl (C=O) groups is 1. The molecule has 0 aromatic heterocycles. The van der Waals surface area contributed by atoms with E-state index in [9.17, 15) is 9.18 Å². The van der Waals surface area contributed by atoms with Crippen molar-refractivity contribution in [1.29, 1.82) is 5.26 Å². The van der Waals surface area contributed by atoms with Gasteiger partial charge in [0.05, 0.1) is 18.7 Å². The van der Waals surface area contributed by atoms with Crippen LogP contribution in [0.1, 0.15) is 21.5 Å². The molecule has 0 radical (unpaired) electrons. The number of halogens is 1. The van der Waals surface area contributed by atoms with Gasteiger partial charge in [0.1, 0.15) is 17.1 Å². The minimum atomic E-state index is -0.666. The number of amides is 1. The predicted molar refractivity (Wildman–Crippen MR) is 76.8 cm³/mol. The maximum atomic E-state index is 13.8. The Morgan fingerprint density at radius 2 is 2.10 bits per heavy atom. The molecule has 5 heteroatoms. The van der Waals surface area contributed by atoms with Gasteiger partial charge in [0.15, 0.2) is 0 Å². The van der Waals surface area contributed by atoms with Gasteiger partial charge in [-0.1, -0.05) is 12.1 Å². The third-order valence-electron chi connectivity index (χ3n) is 3.04. The van der Waals surface area contributed by atoms with E-state index in [-0.39, 0.29) is 11.3 Å². The Morgan fingerprint density at radius 3 is 2.76 bits per heavy atom. The van der Waals surface area contributed by atoms with E-state index in [2.05, 4.69) is 5.32 Å². The number of nitrogens with zero attached hydrogens (tertiary/aromatic N) is 1. The highest BCUT2D eigenvalue weighted by molar-refractivity contribution is 6.06. The zero-order chi connectivity index (χ0) is 15.4. The number of hydrogen-bond acceptors (Lipinski definition) is 3. The van der Waals surface area contributed by atoms with Crippen LogP contribution in [0.25, 0.3) is 0 Å². The molecule has 0 saturated carbocycles. The van der Waals surface area contributed by atoms with Gasteiger partial charge >= 0.3 is 0 Å². The van der Waals surface area contributed by atoms with E-state index in [0.29, 0.717) is 11.3 Å². The van der Waals surface area contributed by atoms with Crippen molar-refractivity contribution < 1.29 is 13.9 Å². The molecule has 1 amide bonds. The van der Waals surface area contributed by atoms with Crippen molar-refractivity contribution >= 4 is 11.6 Å². The van der Waals surface area contributed by atoms with Crippen molar-refractivity contribution in [2.24, 2.45) is 0 Å². The molecule has 0 atom stereocenters. The average molecular weight is 284 g/mol. The molecule has 0 saturated heterocycles. The van der Waals surface area contributed by atoms with E-state index in [1.165, 1.54) is 25.3 Å². The van der Waals surface area contributed by atoms with Gasteiger partial charge in [-0.2, -0.15) is 5.26 Å². The van der Waals surface area contributed by atoms with Gasteiger partial charge in [-0.05, 0) is 36.8 Å². The standard InChI is InChI=1S/C16H13FN2O2/c1-10-6-7-11(9-18)8-13(10)19-16(20)15-12(17)4-3-5-14(15)21-2/h3-8H,1-2H3,(H,19,20). The van der Waals surface area contributed by atoms with E-state index in [1.807, 2.05) is 6.07 Å². The van der Waals surface area contributed by atoms with Crippen LogP contribution in [-0.2, 0) is 0 Å². The van der Waals surface area contributed by atoms with Crippen LogP contribution in [0.2, 0.25) is 0 Å². The zero-order valence-corrected chi connectivity index (χ0v) is 11.6. The number of carbonyl (C=O) groups excluding carboxylic acids is 1. The Kier molecular flexibility index (Phi) is 4.19. The summed E-state index contributed by atoms with van der Waals surface area (Å²) in [7, 11) is 1.37. The fraction of sp³-hybridized carbons (Fsp3) is 0.125. The van der Waals surface area contributed by atoms with Crippen LogP contribution in [0, 0.1) is 24.1 Å². The molecule has 0 fully saturated rings. The molecule has 0 bridgehead atoms. The van der Waals surface area contributed by atoms with Gasteiger partial charge in [0.25, 0.3) is 5.91 Å². The van der Waals surface area contributed by atoms with Gasteiger partial charge in [-0.15, -0.1) is 0 Å². The Balaban J connectivity index is 2.37. The lowest BCUT2D eigenvalue weighted by molar-refractivity contribution is 0.102. The second-order valence-electron chi connectivity index (χ2n) is 4.41. The molecule has 0 aliphatic carbocycles. The summed E-state index contributed by atoms with van der Waals surface area (Å²) in [6, 6.07) is 11.1. The SMILES string of the molecule is COc1cccc(F)c1C(=O)Nc1cc(C#N)ccc1C. The average Bonchev–Trinajstić information content (AvgIpc) is 2.48. The maximum Gasteiger partial charge on any atom is 0.262 e. The smallest absolute Gasteiger partial charge is 0.262 e. The first-order valence-corrected chi connectivity index (χ1v) is 6.21. The molecule has 0 aliphatic heterocycles. The first-order chi connectivity index (χ1) is 10.1. The van der Waals surface area contributed by atoms with E-state index in [0.717, 1.165) is 5.56 Å². The summed E-state index contributed by atoms with van der Waals surface area (Å²) in [5.74, 6) is -1.13. The number of methoxy groups -OCH3 is 1. The van der Waals surface area contributed by atoms with Crippen LogP contribution in [-0.4, -0.2) is 13.0 Å². The van der Waals surface area contributed by atoms with Crippen molar-refractivity contribution in [3.63, 3.8) is 0 Å². The van der Waals surface area contributed by atoms with Crippen molar-refractivity contribution in [1.82, 2.24) is 0 Å². The van der Waals surface area contributed by atoms with E-state index >= 15 is 0 Å². The molecular weight excluding hydrogens is 271 g/mol. The van der Waals surface area contributed by atoms with Crippen molar-refractivity contribution in [2.45, 2.75) is 6.92 Å². The van der Waals surface area contributed by atoms with Crippen molar-refractivity contribution in [2.75, 3.05) is 12.4 Å². The molecule has 106 valence electrons. The van der Waals surface area contributed by atoms with Gasteiger partial charge in [0.2, 0.25) is 0 Å². The molecule has 21 heavy (non-hydrogen) atoms. The Hall–Kier alpha value is -2.87. The molecule has 0 unspecified atom stereocenters. The minimum absolute atomic E-state index is 0.154. The highest BCUT2D eigenvalue weighted by Gasteiger charge is 2.18. The summed E-state index contributed by atoms with van der Waals surface area (Å²) in [4.78, 5) is 12.3. The zero-order valence-electron chi connectivity index (χ0n) is 11.6. The van der Waals surface area contributed by atoms with E-state index < -0.39 is 11.7 Å². The number of ether oxygens (including phenoxy) is 1. The summed E-state index contributed by atoms with van der Waals surface area (Å²) in [6.07, 6.45) is 0. The molecule has 0 heterocycles. The fourth-order valence-electron chi connectivity index (χ4n) is 1.91. The van der Waals surface area contributed by atoms with Gasteiger partial charge in [0, 0.05) is 5.69 Å². The second kappa shape index (κ2) is 6.06. The summed E-state index contributed by atoms with van der Waals surface area (Å²) < 4.78 is 18.9. The quantitative estimate of drug-likeness (QED) is 0.941. The molecule has 1 N–H and O–H groups in total. The first kappa shape index (κ1) is 14.5. The summed E-state index contributed by atoms with van der Waals surface area (Å²) in [5.41, 5.74) is 1.49. The van der Waals surface area contributed by atoms with Gasteiger partial charge in [-0.3, -0.25) is 4.79 Å². The molecule has 0 aliphatic rings. The minimum Gasteiger partial charge on any atom is -0.496 e. The lowest BCUT2D eigenvalue weighted by atomic mass is 10.1. The third-order valence-corrected chi connectivity index (χ3v) is 3.04. The highest BCUT2D eigenvalue weighted by atomic mass is 19.1. The summed E-state index contributed by atoms with van der Waals surface area (Å²) >= 11 is 0. The normalized spacial score (nSPS) is 9.81. The van der Waals surface area contributed by atoms with Gasteiger partial charge in [-0.25, -0.2) is 4.39 Å². The molecule has 0 spiro atoms. The highest BCUT2D eigenvalue weighted by Crippen LogP contribution is 2.24. The van der Waals surface area contributed by atoms with E-state index in [1.54, 1.807) is 25.1 Å². The number of hydrogen-bond donors (Lipinski definition) is 1. The van der Waals surface area contributed by atoms with Crippen LogP contribution >= 0.6 is 0 Å². The lowest BCUT2D eigenvalue weighted by Gasteiger charge is -2.12. The Labute approximate surface area is 121 Å². The lowest BCUT2D eigenvalue weighted by Crippen LogP contribution is -2.16. The number of anilines is 1. The number of nitrogens with one attached hydrogen (secondary N) is 1. The molecule has 4 nitrogen and oxygen atoms in total. The topological polar surface area (TPSA) is 62.1 Å². The molecule has 2 rings (SSSR count). The third kappa shape index (κ3) is 3.00. The molecule has 2 aromatic carbocycles. The number of aryl methyl sites for hydroxylation is 1. The summed E-state index contributed by atoms with van der Waals surface area (Å²) in [5, 5.41) is 11.5. The van der Waals surface area contributed by atoms with E-state index in [4.69, 9.17) is 10.00 Å². The first-order valence-electron chi connectivity index (χ1n) is 6.21. The predicted octanol–water partition coefficient (Wildman–Crippen LogP) is 3.27. The van der Waals surface area contributed by atoms with Crippen LogP contribution in [0.4, 0.5) is 10.1 Å².